The highest BCUT2D eigenvalue weighted by Gasteiger charge is 1.97. The van der Waals surface area contributed by atoms with E-state index in [2.05, 4.69) is 24.3 Å². The number of aromatic nitrogens is 2. The van der Waals surface area contributed by atoms with Crippen LogP contribution in [-0.2, 0) is 6.54 Å². The Balaban J connectivity index is 0.000000500. The molecule has 1 rings (SSSR count). The first-order valence-corrected chi connectivity index (χ1v) is 4.42. The van der Waals surface area contributed by atoms with Gasteiger partial charge in [-0.3, -0.25) is 0 Å². The van der Waals surface area contributed by atoms with E-state index >= 15 is 0 Å². The van der Waals surface area contributed by atoms with Gasteiger partial charge in [0.05, 0.1) is 12.7 Å². The maximum atomic E-state index is 8.00. The van der Waals surface area contributed by atoms with Gasteiger partial charge in [-0.25, -0.2) is 9.13 Å². The van der Waals surface area contributed by atoms with Crippen LogP contribution >= 0.6 is 0 Å². The van der Waals surface area contributed by atoms with Crippen LogP contribution in [0.4, 0.5) is 0 Å². The Labute approximate surface area is 83.2 Å². The minimum Gasteiger partial charge on any atom is -0.444 e. The van der Waals surface area contributed by atoms with E-state index in [1.807, 2.05) is 17.1 Å². The molecule has 0 fully saturated rings. The Morgan fingerprint density at radius 3 is 2.79 bits per heavy atom. The number of hydrogen-bond acceptors (Lipinski definition) is 3. The summed E-state index contributed by atoms with van der Waals surface area (Å²) in [6, 6.07) is 0. The highest BCUT2D eigenvalue weighted by molar-refractivity contribution is 5.12. The number of rotatable bonds is 4. The molecule has 0 aromatic carbocycles. The molecule has 78 valence electrons. The van der Waals surface area contributed by atoms with Crippen LogP contribution in [-0.4, -0.2) is 4.57 Å². The quantitative estimate of drug-likeness (QED) is 0.420. The SMILES string of the molecule is C=Cn1cc[n+](CCCC)c1.O=N[O-]. The molecule has 0 atom stereocenters. The number of nitrogens with zero attached hydrogens (tertiary/aromatic N) is 3. The van der Waals surface area contributed by atoms with E-state index in [0.29, 0.717) is 0 Å². The van der Waals surface area contributed by atoms with E-state index in [9.17, 15) is 0 Å². The molecule has 5 heteroatoms. The molecule has 0 saturated carbocycles. The van der Waals surface area contributed by atoms with Crippen molar-refractivity contribution in [2.24, 2.45) is 5.34 Å². The van der Waals surface area contributed by atoms with Crippen molar-refractivity contribution in [2.45, 2.75) is 26.3 Å². The van der Waals surface area contributed by atoms with E-state index in [-0.39, 0.29) is 0 Å². The second-order valence-electron chi connectivity index (χ2n) is 2.71. The summed E-state index contributed by atoms with van der Waals surface area (Å²) in [6.07, 6.45) is 10.4. The lowest BCUT2D eigenvalue weighted by atomic mass is 10.3. The normalized spacial score (nSPS) is 8.64. The van der Waals surface area contributed by atoms with Crippen molar-refractivity contribution >= 4 is 6.20 Å². The summed E-state index contributed by atoms with van der Waals surface area (Å²) in [5, 5.41) is 9.00. The highest BCUT2D eigenvalue weighted by atomic mass is 16.6. The van der Waals surface area contributed by atoms with Gasteiger partial charge in [0.2, 0.25) is 6.33 Å². The average molecular weight is 197 g/mol. The number of unbranched alkanes of at least 4 members (excludes halogenated alkanes) is 1. The van der Waals surface area contributed by atoms with Gasteiger partial charge in [-0.05, 0) is 6.42 Å². The van der Waals surface area contributed by atoms with Crippen molar-refractivity contribution in [3.8, 4) is 0 Å². The van der Waals surface area contributed by atoms with E-state index in [1.165, 1.54) is 12.8 Å². The summed E-state index contributed by atoms with van der Waals surface area (Å²) in [5.74, 6) is 0. The summed E-state index contributed by atoms with van der Waals surface area (Å²) in [6.45, 7) is 6.98. The summed E-state index contributed by atoms with van der Waals surface area (Å²) in [5.41, 5.74) is 0. The van der Waals surface area contributed by atoms with Gasteiger partial charge in [0.25, 0.3) is 0 Å². The molecule has 0 spiro atoms. The molecule has 0 aliphatic carbocycles. The predicted molar refractivity (Wildman–Crippen MR) is 55.1 cm³/mol. The first-order valence-electron chi connectivity index (χ1n) is 4.42. The third kappa shape index (κ3) is 5.08. The third-order valence-corrected chi connectivity index (χ3v) is 1.69. The summed E-state index contributed by atoms with van der Waals surface area (Å²) in [4.78, 5) is 8.00. The Kier molecular flexibility index (Phi) is 7.03. The first kappa shape index (κ1) is 12.3. The Bertz CT molecular complexity index is 271. The van der Waals surface area contributed by atoms with Crippen LogP contribution in [0.25, 0.3) is 6.20 Å². The first-order chi connectivity index (χ1) is 6.78. The van der Waals surface area contributed by atoms with Crippen molar-refractivity contribution in [3.05, 3.63) is 35.4 Å². The lowest BCUT2D eigenvalue weighted by Gasteiger charge is -1.90. The number of imidazole rings is 1. The third-order valence-electron chi connectivity index (χ3n) is 1.69. The van der Waals surface area contributed by atoms with Crippen LogP contribution in [0, 0.1) is 10.1 Å². The molecule has 0 aliphatic rings. The molecule has 1 heterocycles. The van der Waals surface area contributed by atoms with Crippen molar-refractivity contribution in [1.29, 1.82) is 0 Å². The van der Waals surface area contributed by atoms with Crippen molar-refractivity contribution in [3.63, 3.8) is 0 Å². The molecule has 0 N–H and O–H groups in total. The fourth-order valence-corrected chi connectivity index (χ4v) is 0.992. The van der Waals surface area contributed by atoms with E-state index in [4.69, 9.17) is 10.1 Å². The zero-order chi connectivity index (χ0) is 10.8. The fraction of sp³-hybridized carbons (Fsp3) is 0.444. The largest absolute Gasteiger partial charge is 0.444 e. The van der Waals surface area contributed by atoms with Gasteiger partial charge in [0, 0.05) is 0 Å². The van der Waals surface area contributed by atoms with Gasteiger partial charge < -0.3 is 10.1 Å². The lowest BCUT2D eigenvalue weighted by molar-refractivity contribution is -0.696. The molecule has 0 aliphatic heterocycles. The van der Waals surface area contributed by atoms with Gasteiger partial charge in [-0.1, -0.05) is 19.9 Å². The van der Waals surface area contributed by atoms with Gasteiger partial charge >= 0.3 is 0 Å². The second kappa shape index (κ2) is 7.97. The zero-order valence-corrected chi connectivity index (χ0v) is 8.30. The molecule has 5 nitrogen and oxygen atoms in total. The zero-order valence-electron chi connectivity index (χ0n) is 8.30. The van der Waals surface area contributed by atoms with Gasteiger partial charge in [0.15, 0.2) is 0 Å². The Morgan fingerprint density at radius 1 is 1.71 bits per heavy atom. The molecule has 14 heavy (non-hydrogen) atoms. The molecule has 0 unspecified atom stereocenters. The Hall–Kier alpha value is -1.65. The van der Waals surface area contributed by atoms with Crippen molar-refractivity contribution in [2.75, 3.05) is 0 Å². The van der Waals surface area contributed by atoms with Crippen LogP contribution < -0.4 is 4.57 Å². The summed E-state index contributed by atoms with van der Waals surface area (Å²) in [7, 11) is 0. The average Bonchev–Trinajstić information content (AvgIpc) is 2.63. The molecule has 1 aromatic heterocycles. The standard InChI is InChI=1S/C9H15N2.HNO2/c1-3-5-6-11-8-7-10(4-2)9-11;2-1-3/h4,7-9H,2-3,5-6H2,1H3;(H,2,3)/q+1;/p-1. The summed E-state index contributed by atoms with van der Waals surface area (Å²) < 4.78 is 4.13. The smallest absolute Gasteiger partial charge is 0.248 e. The fourth-order valence-electron chi connectivity index (χ4n) is 0.992. The lowest BCUT2D eigenvalue weighted by Crippen LogP contribution is -2.30. The predicted octanol–water partition coefficient (Wildman–Crippen LogP) is 1.93. The Morgan fingerprint density at radius 2 is 2.36 bits per heavy atom. The highest BCUT2D eigenvalue weighted by Crippen LogP contribution is 1.88. The molecule has 0 radical (unpaired) electrons. The van der Waals surface area contributed by atoms with Crippen LogP contribution in [0.5, 0.6) is 0 Å². The summed E-state index contributed by atoms with van der Waals surface area (Å²) >= 11 is 0. The topological polar surface area (TPSA) is 61.3 Å². The maximum Gasteiger partial charge on any atom is 0.248 e. The van der Waals surface area contributed by atoms with Crippen LogP contribution in [0.3, 0.4) is 0 Å². The van der Waals surface area contributed by atoms with Crippen LogP contribution in [0.2, 0.25) is 0 Å². The molecular formula is C9H15N3O2. The van der Waals surface area contributed by atoms with E-state index < -0.39 is 0 Å². The van der Waals surface area contributed by atoms with Crippen LogP contribution in [0.1, 0.15) is 19.8 Å². The van der Waals surface area contributed by atoms with Gasteiger partial charge in [-0.2, -0.15) is 0 Å². The number of hydrogen-bond donors (Lipinski definition) is 0. The van der Waals surface area contributed by atoms with Gasteiger partial charge in [0.1, 0.15) is 12.4 Å². The minimum atomic E-state index is 1.00. The number of aryl methyl sites for hydroxylation is 1. The maximum absolute atomic E-state index is 8.00. The van der Waals surface area contributed by atoms with Crippen molar-refractivity contribution in [1.82, 2.24) is 4.57 Å². The molecule has 1 aromatic rings. The second-order valence-corrected chi connectivity index (χ2v) is 2.71. The minimum absolute atomic E-state index is 1.00. The van der Waals surface area contributed by atoms with E-state index in [0.717, 1.165) is 11.9 Å². The molecule has 0 saturated heterocycles. The molecule has 0 amide bonds. The van der Waals surface area contributed by atoms with E-state index in [1.54, 1.807) is 6.20 Å². The molecule has 0 bridgehead atoms. The molecular weight excluding hydrogens is 182 g/mol. The van der Waals surface area contributed by atoms with Gasteiger partial charge in [-0.15, -0.1) is 5.34 Å². The monoisotopic (exact) mass is 197 g/mol. The van der Waals surface area contributed by atoms with Crippen LogP contribution in [0.15, 0.2) is 30.6 Å². The van der Waals surface area contributed by atoms with Crippen molar-refractivity contribution < 1.29 is 4.57 Å².